The summed E-state index contributed by atoms with van der Waals surface area (Å²) in [5.74, 6) is -0.326. The van der Waals surface area contributed by atoms with Crippen molar-refractivity contribution in [2.45, 2.75) is 6.92 Å². The minimum absolute atomic E-state index is 0.0618. The highest BCUT2D eigenvalue weighted by atomic mass is 79.9. The van der Waals surface area contributed by atoms with Crippen LogP contribution in [0.4, 0.5) is 10.5 Å². The molecule has 2 N–H and O–H groups in total. The van der Waals surface area contributed by atoms with Crippen molar-refractivity contribution in [2.24, 2.45) is 0 Å². The number of hydrogen-bond donors (Lipinski definition) is 2. The first-order valence-corrected chi connectivity index (χ1v) is 9.76. The Morgan fingerprint density at radius 1 is 1.26 bits per heavy atom. The molecule has 140 valence electrons. The molecule has 0 aromatic heterocycles. The molecule has 0 radical (unpaired) electrons. The molecule has 2 aromatic carbocycles. The minimum Gasteiger partial charge on any atom is -0.503 e. The Morgan fingerprint density at radius 2 is 2.00 bits per heavy atom. The number of imide groups is 1. The first kappa shape index (κ1) is 19.7. The van der Waals surface area contributed by atoms with Crippen LogP contribution in [0.3, 0.4) is 0 Å². The second-order valence-electron chi connectivity index (χ2n) is 5.48. The number of anilines is 1. The van der Waals surface area contributed by atoms with Crippen molar-refractivity contribution in [1.82, 2.24) is 5.32 Å². The summed E-state index contributed by atoms with van der Waals surface area (Å²) >= 11 is 12.6. The number of phenolic OH excluding ortho intramolecular Hbond substituents is 1. The molecule has 1 saturated heterocycles. The van der Waals surface area contributed by atoms with Crippen LogP contribution in [0.1, 0.15) is 12.5 Å². The predicted molar refractivity (Wildman–Crippen MR) is 110 cm³/mol. The van der Waals surface area contributed by atoms with E-state index in [1.54, 1.807) is 31.2 Å². The molecular weight excluding hydrogens is 503 g/mol. The van der Waals surface area contributed by atoms with Gasteiger partial charge in [0.15, 0.2) is 11.5 Å². The van der Waals surface area contributed by atoms with Gasteiger partial charge < -0.3 is 15.2 Å². The normalized spacial score (nSPS) is 15.4. The Labute approximate surface area is 177 Å². The number of hydrogen-bond acceptors (Lipinski definition) is 4. The van der Waals surface area contributed by atoms with Crippen molar-refractivity contribution < 1.29 is 19.4 Å². The van der Waals surface area contributed by atoms with Crippen LogP contribution >= 0.6 is 43.5 Å². The third-order valence-electron chi connectivity index (χ3n) is 3.72. The molecule has 1 aliphatic rings. The number of ether oxygens (including phenoxy) is 1. The van der Waals surface area contributed by atoms with Crippen molar-refractivity contribution in [3.05, 3.63) is 55.6 Å². The first-order chi connectivity index (χ1) is 12.8. The molecule has 0 atom stereocenters. The average Bonchev–Trinajstić information content (AvgIpc) is 2.91. The Bertz CT molecular complexity index is 978. The van der Waals surface area contributed by atoms with Crippen LogP contribution in [-0.2, 0) is 4.79 Å². The van der Waals surface area contributed by atoms with Gasteiger partial charge in [0, 0.05) is 9.50 Å². The topological polar surface area (TPSA) is 78.9 Å². The summed E-state index contributed by atoms with van der Waals surface area (Å²) in [5, 5.41) is 13.1. The maximum absolute atomic E-state index is 12.7. The predicted octanol–water partition coefficient (Wildman–Crippen LogP) is 5.07. The zero-order chi connectivity index (χ0) is 19.7. The van der Waals surface area contributed by atoms with E-state index in [1.165, 1.54) is 12.1 Å². The van der Waals surface area contributed by atoms with E-state index < -0.39 is 11.9 Å². The van der Waals surface area contributed by atoms with Gasteiger partial charge in [-0.25, -0.2) is 9.69 Å². The van der Waals surface area contributed by atoms with Crippen LogP contribution in [0, 0.1) is 0 Å². The maximum atomic E-state index is 12.7. The van der Waals surface area contributed by atoms with Gasteiger partial charge in [0.25, 0.3) is 5.91 Å². The lowest BCUT2D eigenvalue weighted by atomic mass is 10.1. The van der Waals surface area contributed by atoms with Crippen LogP contribution in [0.2, 0.25) is 5.02 Å². The molecule has 0 bridgehead atoms. The standard InChI is InChI=1S/C18H13Br2ClN2O4/c1-2-27-13-7-9(14(19)15(20)16(13)24)6-12-17(25)23(18(26)22-12)11-5-3-4-10(21)8-11/h3-8,24H,2H2,1H3,(H,22,26)/b12-6+. The maximum Gasteiger partial charge on any atom is 0.333 e. The molecule has 3 rings (SSSR count). The van der Waals surface area contributed by atoms with Crippen LogP contribution in [0.5, 0.6) is 11.5 Å². The number of phenols is 1. The molecule has 0 spiro atoms. The number of amides is 3. The number of urea groups is 1. The molecule has 0 aliphatic carbocycles. The monoisotopic (exact) mass is 514 g/mol. The first-order valence-electron chi connectivity index (χ1n) is 7.80. The Morgan fingerprint density at radius 3 is 2.67 bits per heavy atom. The molecule has 2 aromatic rings. The van der Waals surface area contributed by atoms with Crippen molar-refractivity contribution in [2.75, 3.05) is 11.5 Å². The van der Waals surface area contributed by atoms with Crippen LogP contribution < -0.4 is 15.0 Å². The van der Waals surface area contributed by atoms with E-state index >= 15 is 0 Å². The fourth-order valence-corrected chi connectivity index (χ4v) is 3.55. The Kier molecular flexibility index (Phi) is 5.78. The van der Waals surface area contributed by atoms with E-state index in [0.29, 0.717) is 31.8 Å². The molecule has 6 nitrogen and oxygen atoms in total. The molecule has 0 unspecified atom stereocenters. The van der Waals surface area contributed by atoms with Gasteiger partial charge in [-0.1, -0.05) is 17.7 Å². The van der Waals surface area contributed by atoms with Crippen molar-refractivity contribution in [3.63, 3.8) is 0 Å². The van der Waals surface area contributed by atoms with Crippen LogP contribution in [0.25, 0.3) is 6.08 Å². The summed E-state index contributed by atoms with van der Waals surface area (Å²) < 4.78 is 6.29. The van der Waals surface area contributed by atoms with E-state index in [9.17, 15) is 14.7 Å². The highest BCUT2D eigenvalue weighted by molar-refractivity contribution is 9.13. The average molecular weight is 517 g/mol. The zero-order valence-electron chi connectivity index (χ0n) is 13.9. The molecule has 1 heterocycles. The number of carbonyl (C=O) groups is 2. The van der Waals surface area contributed by atoms with Crippen LogP contribution in [-0.4, -0.2) is 23.7 Å². The van der Waals surface area contributed by atoms with Crippen LogP contribution in [0.15, 0.2) is 45.0 Å². The molecule has 27 heavy (non-hydrogen) atoms. The third kappa shape index (κ3) is 3.83. The molecule has 1 aliphatic heterocycles. The van der Waals surface area contributed by atoms with E-state index in [1.807, 2.05) is 0 Å². The number of carbonyl (C=O) groups excluding carboxylic acids is 2. The lowest BCUT2D eigenvalue weighted by Crippen LogP contribution is -2.30. The lowest BCUT2D eigenvalue weighted by molar-refractivity contribution is -0.113. The Balaban J connectivity index is 2.01. The molecule has 1 fully saturated rings. The van der Waals surface area contributed by atoms with Gasteiger partial charge in [0.2, 0.25) is 0 Å². The SMILES string of the molecule is CCOc1cc(/C=C2/NC(=O)N(c3cccc(Cl)c3)C2=O)c(Br)c(Br)c1O. The summed E-state index contributed by atoms with van der Waals surface area (Å²) in [6.07, 6.45) is 1.50. The van der Waals surface area contributed by atoms with E-state index in [0.717, 1.165) is 4.90 Å². The summed E-state index contributed by atoms with van der Waals surface area (Å²) in [7, 11) is 0. The van der Waals surface area contributed by atoms with Gasteiger partial charge in [0.1, 0.15) is 5.70 Å². The minimum atomic E-state index is -0.576. The second-order valence-corrected chi connectivity index (χ2v) is 7.50. The van der Waals surface area contributed by atoms with Crippen molar-refractivity contribution in [1.29, 1.82) is 0 Å². The number of nitrogens with one attached hydrogen (secondary N) is 1. The zero-order valence-corrected chi connectivity index (χ0v) is 17.9. The van der Waals surface area contributed by atoms with Gasteiger partial charge in [0.05, 0.1) is 16.8 Å². The van der Waals surface area contributed by atoms with Crippen molar-refractivity contribution in [3.8, 4) is 11.5 Å². The van der Waals surface area contributed by atoms with Crippen molar-refractivity contribution >= 4 is 67.2 Å². The molecular formula is C18H13Br2ClN2O4. The van der Waals surface area contributed by atoms with Gasteiger partial charge >= 0.3 is 6.03 Å². The largest absolute Gasteiger partial charge is 0.503 e. The fourth-order valence-electron chi connectivity index (χ4n) is 2.52. The lowest BCUT2D eigenvalue weighted by Gasteiger charge is -2.12. The molecule has 0 saturated carbocycles. The number of halogens is 3. The van der Waals surface area contributed by atoms with Gasteiger partial charge in [-0.05, 0) is 74.7 Å². The smallest absolute Gasteiger partial charge is 0.333 e. The summed E-state index contributed by atoms with van der Waals surface area (Å²) in [6, 6.07) is 7.45. The summed E-state index contributed by atoms with van der Waals surface area (Å²) in [6.45, 7) is 2.15. The molecule has 3 amide bonds. The second kappa shape index (κ2) is 7.92. The van der Waals surface area contributed by atoms with E-state index in [-0.39, 0.29) is 17.2 Å². The number of aromatic hydroxyl groups is 1. The van der Waals surface area contributed by atoms with Gasteiger partial charge in [-0.3, -0.25) is 4.79 Å². The number of benzene rings is 2. The quantitative estimate of drug-likeness (QED) is 0.440. The molecule has 9 heteroatoms. The van der Waals surface area contributed by atoms with E-state index in [2.05, 4.69) is 37.2 Å². The van der Waals surface area contributed by atoms with Gasteiger partial charge in [-0.15, -0.1) is 0 Å². The highest BCUT2D eigenvalue weighted by Gasteiger charge is 2.35. The Hall–Kier alpha value is -2.03. The highest BCUT2D eigenvalue weighted by Crippen LogP contribution is 2.42. The summed E-state index contributed by atoms with van der Waals surface area (Å²) in [5.41, 5.74) is 0.995. The number of rotatable bonds is 4. The third-order valence-corrected chi connectivity index (χ3v) is 6.11. The summed E-state index contributed by atoms with van der Waals surface area (Å²) in [4.78, 5) is 26.0. The van der Waals surface area contributed by atoms with Gasteiger partial charge in [-0.2, -0.15) is 0 Å². The fraction of sp³-hybridized carbons (Fsp3) is 0.111. The van der Waals surface area contributed by atoms with E-state index in [4.69, 9.17) is 16.3 Å². The number of nitrogens with zero attached hydrogens (tertiary/aromatic N) is 1.